The molecule has 4 rings (SSSR count). The van der Waals surface area contributed by atoms with E-state index in [2.05, 4.69) is 30.0 Å². The van der Waals surface area contributed by atoms with Gasteiger partial charge in [0.15, 0.2) is 17.7 Å². The molecule has 4 atom stereocenters. The topological polar surface area (TPSA) is 244 Å². The number of aliphatic hydroxyl groups is 3. The highest BCUT2D eigenvalue weighted by Gasteiger charge is 2.44. The van der Waals surface area contributed by atoms with Gasteiger partial charge < -0.3 is 31.5 Å². The second kappa shape index (κ2) is 9.29. The van der Waals surface area contributed by atoms with Gasteiger partial charge in [0.2, 0.25) is 11.9 Å². The van der Waals surface area contributed by atoms with Crippen molar-refractivity contribution in [2.24, 2.45) is 10.8 Å². The van der Waals surface area contributed by atoms with E-state index in [0.29, 0.717) is 5.56 Å². The van der Waals surface area contributed by atoms with Gasteiger partial charge in [0.05, 0.1) is 18.5 Å². The van der Waals surface area contributed by atoms with E-state index in [9.17, 15) is 15.0 Å². The molecule has 15 nitrogen and oxygen atoms in total. The van der Waals surface area contributed by atoms with Crippen LogP contribution in [0.1, 0.15) is 16.6 Å². The van der Waals surface area contributed by atoms with Crippen LogP contribution in [0.5, 0.6) is 0 Å². The summed E-state index contributed by atoms with van der Waals surface area (Å²) in [5, 5.41) is 32.2. The maximum atomic E-state index is 10.4. The summed E-state index contributed by atoms with van der Waals surface area (Å²) in [4.78, 5) is 28.5. The second-order valence-electron chi connectivity index (χ2n) is 6.26. The Hall–Kier alpha value is -3.88. The number of ether oxygens (including phenoxy) is 1. The lowest BCUT2D eigenvalue weighted by Crippen LogP contribution is -2.33. The number of amides is 1. The van der Waals surface area contributed by atoms with Gasteiger partial charge in [0.25, 0.3) is 0 Å². The van der Waals surface area contributed by atoms with E-state index in [1.165, 1.54) is 17.1 Å². The van der Waals surface area contributed by atoms with Crippen LogP contribution < -0.4 is 11.5 Å². The van der Waals surface area contributed by atoms with E-state index < -0.39 is 37.1 Å². The van der Waals surface area contributed by atoms with Gasteiger partial charge in [-0.15, -0.1) is 0 Å². The summed E-state index contributed by atoms with van der Waals surface area (Å²) < 4.78 is 6.72. The van der Waals surface area contributed by atoms with E-state index in [1.54, 1.807) is 18.3 Å². The average molecular weight is 430 g/mol. The molecule has 0 aliphatic carbocycles. The van der Waals surface area contributed by atoms with Crippen molar-refractivity contribution in [2.45, 2.75) is 24.5 Å². The number of carbonyl (C=O) groups is 1. The van der Waals surface area contributed by atoms with Crippen molar-refractivity contribution in [2.75, 3.05) is 12.3 Å². The number of hydrogen-bond donors (Lipinski definition) is 5. The maximum Gasteiger partial charge on any atom is 0.250 e. The Morgan fingerprint density at radius 3 is 2.68 bits per heavy atom. The van der Waals surface area contributed by atoms with Crippen LogP contribution in [0.3, 0.4) is 0 Å². The number of imidazole rings is 1. The molecular weight excluding hydrogens is 412 g/mol. The molecule has 4 heterocycles. The Bertz CT molecular complexity index is 1120. The Labute approximate surface area is 173 Å². The van der Waals surface area contributed by atoms with Crippen LogP contribution in [-0.2, 0) is 4.74 Å². The summed E-state index contributed by atoms with van der Waals surface area (Å²) in [5.74, 6) is -0.651. The molecule has 0 spiro atoms. The molecule has 0 unspecified atom stereocenters. The SMILES string of the molecule is NC(=O)c1cccnc1.[N-]=[N+]=Nc1nc(N)c2ncn([C@@H]3O[C@H](CO)[C@@H](O)[C@H]3O)c2n1. The highest BCUT2D eigenvalue weighted by molar-refractivity contribution is 5.92. The molecule has 1 fully saturated rings. The molecule has 15 heteroatoms. The number of hydrogen-bond acceptors (Lipinski definition) is 11. The molecule has 3 aromatic heterocycles. The molecule has 0 saturated carbocycles. The highest BCUT2D eigenvalue weighted by Crippen LogP contribution is 2.32. The number of nitrogen functional groups attached to an aromatic ring is 1. The molecule has 7 N–H and O–H groups in total. The number of aromatic nitrogens is 5. The number of nitrogens with zero attached hydrogens (tertiary/aromatic N) is 8. The Kier molecular flexibility index (Phi) is 6.54. The van der Waals surface area contributed by atoms with Crippen LogP contribution in [0.15, 0.2) is 36.0 Å². The van der Waals surface area contributed by atoms with Crippen LogP contribution in [-0.4, -0.2) is 70.6 Å². The van der Waals surface area contributed by atoms with Crippen LogP contribution in [0.2, 0.25) is 0 Å². The number of nitrogens with two attached hydrogens (primary N) is 2. The fourth-order valence-corrected chi connectivity index (χ4v) is 2.82. The molecule has 1 aliphatic heterocycles. The van der Waals surface area contributed by atoms with Crippen molar-refractivity contribution in [1.29, 1.82) is 0 Å². The number of azide groups is 1. The largest absolute Gasteiger partial charge is 0.394 e. The number of anilines is 1. The minimum absolute atomic E-state index is 0.00195. The lowest BCUT2D eigenvalue weighted by atomic mass is 10.1. The Morgan fingerprint density at radius 2 is 2.13 bits per heavy atom. The number of carbonyl (C=O) groups excluding carboxylic acids is 1. The number of pyridine rings is 1. The van der Waals surface area contributed by atoms with Gasteiger partial charge in [-0.1, -0.05) is 0 Å². The molecule has 0 aromatic carbocycles. The molecule has 1 aliphatic rings. The quantitative estimate of drug-likeness (QED) is 0.195. The van der Waals surface area contributed by atoms with Gasteiger partial charge in [-0.05, 0) is 22.8 Å². The van der Waals surface area contributed by atoms with E-state index in [-0.39, 0.29) is 22.9 Å². The molecular formula is C16H18N10O5. The van der Waals surface area contributed by atoms with E-state index in [1.807, 2.05) is 0 Å². The summed E-state index contributed by atoms with van der Waals surface area (Å²) in [5.41, 5.74) is 19.9. The highest BCUT2D eigenvalue weighted by atomic mass is 16.6. The maximum absolute atomic E-state index is 10.4. The minimum atomic E-state index is -1.30. The zero-order valence-electron chi connectivity index (χ0n) is 15.8. The number of fused-ring (bicyclic) bond motifs is 1. The summed E-state index contributed by atoms with van der Waals surface area (Å²) in [6.07, 6.45) is -0.194. The zero-order chi connectivity index (χ0) is 22.5. The predicted molar refractivity (Wildman–Crippen MR) is 104 cm³/mol. The first-order valence-electron chi connectivity index (χ1n) is 8.74. The van der Waals surface area contributed by atoms with Crippen molar-refractivity contribution in [3.63, 3.8) is 0 Å². The number of aliphatic hydroxyl groups excluding tert-OH is 3. The van der Waals surface area contributed by atoms with E-state index >= 15 is 0 Å². The molecule has 0 bridgehead atoms. The fraction of sp³-hybridized carbons (Fsp3) is 0.312. The minimum Gasteiger partial charge on any atom is -0.394 e. The van der Waals surface area contributed by atoms with Crippen LogP contribution in [0.25, 0.3) is 21.6 Å². The van der Waals surface area contributed by atoms with Gasteiger partial charge >= 0.3 is 0 Å². The molecule has 31 heavy (non-hydrogen) atoms. The number of primary amides is 1. The van der Waals surface area contributed by atoms with E-state index in [0.717, 1.165) is 0 Å². The van der Waals surface area contributed by atoms with Crippen LogP contribution in [0, 0.1) is 0 Å². The fourth-order valence-electron chi connectivity index (χ4n) is 2.82. The average Bonchev–Trinajstić information content (AvgIpc) is 3.31. The van der Waals surface area contributed by atoms with Crippen molar-refractivity contribution in [1.82, 2.24) is 24.5 Å². The molecule has 1 amide bonds. The van der Waals surface area contributed by atoms with Crippen LogP contribution >= 0.6 is 0 Å². The van der Waals surface area contributed by atoms with Gasteiger partial charge in [0, 0.05) is 17.3 Å². The van der Waals surface area contributed by atoms with Gasteiger partial charge in [-0.3, -0.25) is 14.3 Å². The first kappa shape index (κ1) is 21.8. The van der Waals surface area contributed by atoms with Gasteiger partial charge in [-0.25, -0.2) is 15.0 Å². The summed E-state index contributed by atoms with van der Waals surface area (Å²) in [7, 11) is 0. The Balaban J connectivity index is 0.000000254. The third kappa shape index (κ3) is 4.50. The first-order valence-corrected chi connectivity index (χ1v) is 8.74. The Morgan fingerprint density at radius 1 is 1.35 bits per heavy atom. The lowest BCUT2D eigenvalue weighted by Gasteiger charge is -2.16. The normalized spacial score (nSPS) is 22.4. The van der Waals surface area contributed by atoms with Crippen molar-refractivity contribution >= 4 is 28.8 Å². The van der Waals surface area contributed by atoms with Crippen molar-refractivity contribution in [3.8, 4) is 0 Å². The summed E-state index contributed by atoms with van der Waals surface area (Å²) >= 11 is 0. The third-order valence-corrected chi connectivity index (χ3v) is 4.31. The zero-order valence-corrected chi connectivity index (χ0v) is 15.8. The van der Waals surface area contributed by atoms with E-state index in [4.69, 9.17) is 26.8 Å². The molecule has 162 valence electrons. The lowest BCUT2D eigenvalue weighted by molar-refractivity contribution is -0.0511. The summed E-state index contributed by atoms with van der Waals surface area (Å²) in [6, 6.07) is 3.29. The number of rotatable bonds is 4. The van der Waals surface area contributed by atoms with Crippen molar-refractivity contribution in [3.05, 3.63) is 46.9 Å². The molecule has 3 aromatic rings. The van der Waals surface area contributed by atoms with Crippen LogP contribution in [0.4, 0.5) is 11.8 Å². The second-order valence-corrected chi connectivity index (χ2v) is 6.26. The molecule has 0 radical (unpaired) electrons. The smallest absolute Gasteiger partial charge is 0.250 e. The third-order valence-electron chi connectivity index (χ3n) is 4.31. The first-order chi connectivity index (χ1) is 14.9. The van der Waals surface area contributed by atoms with Crippen molar-refractivity contribution < 1.29 is 24.9 Å². The van der Waals surface area contributed by atoms with Gasteiger partial charge in [-0.2, -0.15) is 0 Å². The summed E-state index contributed by atoms with van der Waals surface area (Å²) in [6.45, 7) is -0.456. The monoisotopic (exact) mass is 430 g/mol. The molecule has 1 saturated heterocycles. The standard InChI is InChI=1S/C10H12N8O4.C6H6N2O/c11-7-4-8(15-10(14-7)16-17-12)18(2-13-4)9-6(21)5(20)3(1-19)22-9;7-6(9)5-2-1-3-8-4-5/h2-3,5-6,9,19-21H,1H2,(H2,11,14,15);1-4H,(H2,7,9)/t3-,5-,6-,9-;/m1./s1. The van der Waals surface area contributed by atoms with Gasteiger partial charge in [0.1, 0.15) is 23.8 Å². The predicted octanol–water partition coefficient (Wildman–Crippen LogP) is -0.858.